The second-order valence-electron chi connectivity index (χ2n) is 3.98. The van der Waals surface area contributed by atoms with E-state index >= 15 is 0 Å². The van der Waals surface area contributed by atoms with Crippen LogP contribution in [0.15, 0.2) is 12.3 Å². The zero-order valence-corrected chi connectivity index (χ0v) is 10.1. The van der Waals surface area contributed by atoms with E-state index in [-0.39, 0.29) is 6.54 Å². The van der Waals surface area contributed by atoms with Gasteiger partial charge in [0.05, 0.1) is 12.7 Å². The summed E-state index contributed by atoms with van der Waals surface area (Å²) < 4.78 is 1.58. The molecule has 7 nitrogen and oxygen atoms in total. The van der Waals surface area contributed by atoms with E-state index in [4.69, 9.17) is 5.73 Å². The zero-order valence-electron chi connectivity index (χ0n) is 10.1. The van der Waals surface area contributed by atoms with Gasteiger partial charge in [-0.25, -0.2) is 9.50 Å². The van der Waals surface area contributed by atoms with E-state index in [9.17, 15) is 9.59 Å². The van der Waals surface area contributed by atoms with Crippen LogP contribution in [0.1, 0.15) is 21.7 Å². The molecule has 0 atom stereocenters. The molecule has 2 aromatic heterocycles. The van der Waals surface area contributed by atoms with Gasteiger partial charge in [-0.15, -0.1) is 0 Å². The third kappa shape index (κ3) is 2.15. The Kier molecular flexibility index (Phi) is 2.97. The molecule has 0 aliphatic heterocycles. The van der Waals surface area contributed by atoms with Crippen molar-refractivity contribution in [1.82, 2.24) is 19.9 Å². The Morgan fingerprint density at radius 1 is 1.44 bits per heavy atom. The van der Waals surface area contributed by atoms with Crippen molar-refractivity contribution in [3.63, 3.8) is 0 Å². The standard InChI is InChI=1S/C11H13N5O2/c1-6-3-7(2)16-10(15-6)8(4-14-16)11(18)13-5-9(12)17/h3-4H,5H2,1-2H3,(H2,12,17)(H,13,18). The maximum Gasteiger partial charge on any atom is 0.257 e. The van der Waals surface area contributed by atoms with Gasteiger partial charge in [-0.3, -0.25) is 9.59 Å². The third-order valence-electron chi connectivity index (χ3n) is 2.45. The van der Waals surface area contributed by atoms with Crippen LogP contribution in [0.25, 0.3) is 5.65 Å². The molecule has 0 aromatic carbocycles. The van der Waals surface area contributed by atoms with Gasteiger partial charge in [0.25, 0.3) is 5.91 Å². The summed E-state index contributed by atoms with van der Waals surface area (Å²) in [5.41, 5.74) is 7.43. The summed E-state index contributed by atoms with van der Waals surface area (Å²) in [6, 6.07) is 1.87. The van der Waals surface area contributed by atoms with E-state index in [1.807, 2.05) is 19.9 Å². The molecule has 0 bridgehead atoms. The monoisotopic (exact) mass is 247 g/mol. The number of carbonyl (C=O) groups is 2. The maximum absolute atomic E-state index is 11.8. The van der Waals surface area contributed by atoms with Crippen molar-refractivity contribution in [2.24, 2.45) is 5.73 Å². The molecule has 0 radical (unpaired) electrons. The molecule has 7 heteroatoms. The van der Waals surface area contributed by atoms with Gasteiger partial charge in [0, 0.05) is 11.4 Å². The van der Waals surface area contributed by atoms with E-state index in [0.717, 1.165) is 11.4 Å². The molecule has 0 spiro atoms. The lowest BCUT2D eigenvalue weighted by Crippen LogP contribution is -2.33. The first-order chi connectivity index (χ1) is 8.49. The fraction of sp³-hybridized carbons (Fsp3) is 0.273. The van der Waals surface area contributed by atoms with Gasteiger partial charge in [-0.1, -0.05) is 0 Å². The SMILES string of the molecule is Cc1cc(C)n2ncc(C(=O)NCC(N)=O)c2n1. The second-order valence-corrected chi connectivity index (χ2v) is 3.98. The van der Waals surface area contributed by atoms with Crippen LogP contribution in [0.2, 0.25) is 0 Å². The van der Waals surface area contributed by atoms with Crippen molar-refractivity contribution in [2.45, 2.75) is 13.8 Å². The van der Waals surface area contributed by atoms with Crippen molar-refractivity contribution in [3.8, 4) is 0 Å². The van der Waals surface area contributed by atoms with Gasteiger partial charge < -0.3 is 11.1 Å². The molecule has 0 aliphatic rings. The van der Waals surface area contributed by atoms with Gasteiger partial charge in [0.15, 0.2) is 5.65 Å². The summed E-state index contributed by atoms with van der Waals surface area (Å²) in [6.07, 6.45) is 1.42. The van der Waals surface area contributed by atoms with Crippen LogP contribution in [0.3, 0.4) is 0 Å². The number of fused-ring (bicyclic) bond motifs is 1. The highest BCUT2D eigenvalue weighted by Gasteiger charge is 2.15. The van der Waals surface area contributed by atoms with E-state index in [0.29, 0.717) is 11.2 Å². The number of carbonyl (C=O) groups excluding carboxylic acids is 2. The number of hydrogen-bond acceptors (Lipinski definition) is 4. The van der Waals surface area contributed by atoms with Crippen LogP contribution >= 0.6 is 0 Å². The van der Waals surface area contributed by atoms with Crippen LogP contribution < -0.4 is 11.1 Å². The highest BCUT2D eigenvalue weighted by atomic mass is 16.2. The van der Waals surface area contributed by atoms with E-state index in [2.05, 4.69) is 15.4 Å². The van der Waals surface area contributed by atoms with Crippen LogP contribution in [0.5, 0.6) is 0 Å². The quantitative estimate of drug-likeness (QED) is 0.767. The van der Waals surface area contributed by atoms with Crippen molar-refractivity contribution in [2.75, 3.05) is 6.54 Å². The lowest BCUT2D eigenvalue weighted by atomic mass is 10.3. The van der Waals surface area contributed by atoms with Crippen LogP contribution in [0, 0.1) is 13.8 Å². The molecular weight excluding hydrogens is 234 g/mol. The fourth-order valence-electron chi connectivity index (χ4n) is 1.69. The largest absolute Gasteiger partial charge is 0.368 e. The van der Waals surface area contributed by atoms with Gasteiger partial charge in [-0.05, 0) is 19.9 Å². The minimum atomic E-state index is -0.597. The van der Waals surface area contributed by atoms with Crippen LogP contribution in [-0.4, -0.2) is 33.0 Å². The first-order valence-electron chi connectivity index (χ1n) is 5.37. The molecule has 2 heterocycles. The Balaban J connectivity index is 2.40. The number of nitrogens with one attached hydrogen (secondary N) is 1. The summed E-state index contributed by atoms with van der Waals surface area (Å²) in [6.45, 7) is 3.51. The van der Waals surface area contributed by atoms with Crippen LogP contribution in [0.4, 0.5) is 0 Å². The summed E-state index contributed by atoms with van der Waals surface area (Å²) in [7, 11) is 0. The Hall–Kier alpha value is -2.44. The van der Waals surface area contributed by atoms with Gasteiger partial charge in [0.2, 0.25) is 5.91 Å². The molecule has 0 aliphatic carbocycles. The van der Waals surface area contributed by atoms with Crippen molar-refractivity contribution >= 4 is 17.5 Å². The first-order valence-corrected chi connectivity index (χ1v) is 5.37. The number of nitrogens with two attached hydrogens (primary N) is 1. The number of rotatable bonds is 3. The molecule has 18 heavy (non-hydrogen) atoms. The minimum absolute atomic E-state index is 0.207. The molecule has 2 amide bonds. The van der Waals surface area contributed by atoms with Gasteiger partial charge in [-0.2, -0.15) is 5.10 Å². The van der Waals surface area contributed by atoms with Crippen molar-refractivity contribution < 1.29 is 9.59 Å². The highest BCUT2D eigenvalue weighted by Crippen LogP contribution is 2.11. The number of nitrogens with zero attached hydrogens (tertiary/aromatic N) is 3. The normalized spacial score (nSPS) is 10.6. The average Bonchev–Trinajstić information content (AvgIpc) is 2.69. The maximum atomic E-state index is 11.8. The number of primary amides is 1. The van der Waals surface area contributed by atoms with E-state index in [1.54, 1.807) is 4.52 Å². The summed E-state index contributed by atoms with van der Waals surface area (Å²) in [5.74, 6) is -1.01. The number of amides is 2. The first kappa shape index (κ1) is 12.0. The lowest BCUT2D eigenvalue weighted by Gasteiger charge is -2.03. The topological polar surface area (TPSA) is 102 Å². The molecular formula is C11H13N5O2. The molecule has 0 saturated carbocycles. The molecule has 0 unspecified atom stereocenters. The fourth-order valence-corrected chi connectivity index (χ4v) is 1.69. The van der Waals surface area contributed by atoms with Crippen molar-refractivity contribution in [1.29, 1.82) is 0 Å². The Labute approximate surface area is 103 Å². The van der Waals surface area contributed by atoms with E-state index < -0.39 is 11.8 Å². The van der Waals surface area contributed by atoms with Crippen LogP contribution in [-0.2, 0) is 4.79 Å². The summed E-state index contributed by atoms with van der Waals surface area (Å²) >= 11 is 0. The lowest BCUT2D eigenvalue weighted by molar-refractivity contribution is -0.117. The number of aryl methyl sites for hydroxylation is 2. The summed E-state index contributed by atoms with van der Waals surface area (Å²) in [5, 5.41) is 6.49. The molecule has 2 rings (SSSR count). The van der Waals surface area contributed by atoms with Gasteiger partial charge in [0.1, 0.15) is 5.56 Å². The predicted molar refractivity (Wildman–Crippen MR) is 64.0 cm³/mol. The van der Waals surface area contributed by atoms with E-state index in [1.165, 1.54) is 6.20 Å². The Morgan fingerprint density at radius 3 is 2.83 bits per heavy atom. The second kappa shape index (κ2) is 4.44. The smallest absolute Gasteiger partial charge is 0.257 e. The molecule has 3 N–H and O–H groups in total. The molecule has 2 aromatic rings. The minimum Gasteiger partial charge on any atom is -0.368 e. The highest BCUT2D eigenvalue weighted by molar-refractivity contribution is 6.01. The zero-order chi connectivity index (χ0) is 13.3. The molecule has 0 fully saturated rings. The molecule has 94 valence electrons. The Bertz CT molecular complexity index is 632. The number of aromatic nitrogens is 3. The van der Waals surface area contributed by atoms with Crippen molar-refractivity contribution in [3.05, 3.63) is 29.2 Å². The summed E-state index contributed by atoms with van der Waals surface area (Å²) in [4.78, 5) is 26.7. The van der Waals surface area contributed by atoms with Gasteiger partial charge >= 0.3 is 0 Å². The third-order valence-corrected chi connectivity index (χ3v) is 2.45. The average molecular weight is 247 g/mol. The molecule has 0 saturated heterocycles. The number of hydrogen-bond donors (Lipinski definition) is 2. The predicted octanol–water partition coefficient (Wildman–Crippen LogP) is -0.439. The Morgan fingerprint density at radius 2 is 2.17 bits per heavy atom.